The lowest BCUT2D eigenvalue weighted by Gasteiger charge is -2.16. The number of ketones is 1. The molecule has 3 heteroatoms. The summed E-state index contributed by atoms with van der Waals surface area (Å²) in [7, 11) is -0.0102. The molecular weight excluding hydrogens is 338 g/mol. The highest BCUT2D eigenvalue weighted by Crippen LogP contribution is 2.34. The summed E-state index contributed by atoms with van der Waals surface area (Å²) in [5.74, 6) is 0.253. The Morgan fingerprint density at radius 3 is 2.81 bits per heavy atom. The molecule has 0 fully saturated rings. The molecule has 0 saturated carbocycles. The lowest BCUT2D eigenvalue weighted by atomic mass is 10.0. The molecule has 2 heterocycles. The topological polar surface area (TPSA) is 29.1 Å². The Hall–Kier alpha value is -2.39. The van der Waals surface area contributed by atoms with Crippen molar-refractivity contribution in [1.29, 1.82) is 0 Å². The number of hydrogen-bond acceptors (Lipinski definition) is 2. The van der Waals surface area contributed by atoms with E-state index in [0.29, 0.717) is 6.42 Å². The zero-order valence-electron chi connectivity index (χ0n) is 14.8. The third kappa shape index (κ3) is 3.88. The summed E-state index contributed by atoms with van der Waals surface area (Å²) in [4.78, 5) is 13.9. The second kappa shape index (κ2) is 7.88. The van der Waals surface area contributed by atoms with E-state index in [1.165, 1.54) is 10.5 Å². The maximum Gasteiger partial charge on any atom is 0.162 e. The maximum atomic E-state index is 12.5. The highest BCUT2D eigenvalue weighted by atomic mass is 32.2. The second-order valence-corrected chi connectivity index (χ2v) is 8.42. The number of carbonyl (C=O) groups is 1. The third-order valence-corrected chi connectivity index (χ3v) is 6.69. The van der Waals surface area contributed by atoms with Gasteiger partial charge in [-0.15, -0.1) is 10.5 Å². The SMILES string of the molecule is O=C1CCCCc2ccccc2S2=CC(=CC=C2)NCc2cccc1c2. The van der Waals surface area contributed by atoms with Gasteiger partial charge in [0.05, 0.1) is 0 Å². The van der Waals surface area contributed by atoms with Gasteiger partial charge in [-0.1, -0.05) is 42.5 Å². The highest BCUT2D eigenvalue weighted by molar-refractivity contribution is 8.17. The molecule has 1 atom stereocenters. The standard InChI is InChI=1S/C23H23NOS/c25-22-12-3-1-8-19-9-2-4-13-23(19)26-14-6-11-21(17-26)24-16-18-7-5-10-20(22)15-18/h2,4-7,9-11,13-15,17,24H,1,3,8,12,16H2. The Balaban J connectivity index is 1.68. The molecule has 0 amide bonds. The quantitative estimate of drug-likeness (QED) is 0.651. The Bertz CT molecular complexity index is 923. The summed E-state index contributed by atoms with van der Waals surface area (Å²) in [6.07, 6.45) is 7.92. The van der Waals surface area contributed by atoms with Gasteiger partial charge in [-0.3, -0.25) is 4.79 Å². The number of rotatable bonds is 0. The van der Waals surface area contributed by atoms with E-state index in [4.69, 9.17) is 0 Å². The van der Waals surface area contributed by atoms with Crippen LogP contribution in [0.5, 0.6) is 0 Å². The van der Waals surface area contributed by atoms with Gasteiger partial charge in [0.15, 0.2) is 5.78 Å². The first-order valence-electron chi connectivity index (χ1n) is 9.19. The van der Waals surface area contributed by atoms with Gasteiger partial charge < -0.3 is 5.32 Å². The molecule has 4 bridgehead atoms. The van der Waals surface area contributed by atoms with Crippen molar-refractivity contribution in [1.82, 2.24) is 5.32 Å². The van der Waals surface area contributed by atoms with Gasteiger partial charge in [-0.2, -0.15) is 0 Å². The van der Waals surface area contributed by atoms with Crippen molar-refractivity contribution in [3.63, 3.8) is 0 Å². The smallest absolute Gasteiger partial charge is 0.162 e. The number of hydrogen-bond donors (Lipinski definition) is 1. The molecule has 2 aromatic carbocycles. The largest absolute Gasteiger partial charge is 0.381 e. The monoisotopic (exact) mass is 361 g/mol. The van der Waals surface area contributed by atoms with Crippen LogP contribution in [0.1, 0.15) is 40.7 Å². The van der Waals surface area contributed by atoms with Gasteiger partial charge in [0.25, 0.3) is 0 Å². The number of aryl methyl sites for hydroxylation is 1. The molecule has 0 radical (unpaired) electrons. The third-order valence-electron chi connectivity index (χ3n) is 4.83. The molecule has 0 spiro atoms. The molecule has 2 aliphatic rings. The highest BCUT2D eigenvalue weighted by Gasteiger charge is 2.11. The molecule has 1 N–H and O–H groups in total. The van der Waals surface area contributed by atoms with Crippen LogP contribution in [-0.2, 0) is 13.0 Å². The first kappa shape index (κ1) is 17.0. The minimum atomic E-state index is -0.0102. The Kier molecular flexibility index (Phi) is 5.16. The van der Waals surface area contributed by atoms with E-state index in [-0.39, 0.29) is 16.3 Å². The number of allylic oxidation sites excluding steroid dienone is 3. The number of fused-ring (bicyclic) bond motifs is 5. The lowest BCUT2D eigenvalue weighted by Crippen LogP contribution is -2.15. The Labute approximate surface area is 157 Å². The molecular formula is C23H23NOS. The van der Waals surface area contributed by atoms with E-state index >= 15 is 0 Å². The van der Waals surface area contributed by atoms with Crippen molar-refractivity contribution >= 4 is 21.6 Å². The fourth-order valence-corrected chi connectivity index (χ4v) is 5.17. The molecule has 1 unspecified atom stereocenters. The first-order chi connectivity index (χ1) is 12.8. The van der Waals surface area contributed by atoms with Gasteiger partial charge in [-0.05, 0) is 59.4 Å². The van der Waals surface area contributed by atoms with Gasteiger partial charge in [0, 0.05) is 29.1 Å². The maximum absolute atomic E-state index is 12.5. The Morgan fingerprint density at radius 2 is 1.85 bits per heavy atom. The zero-order valence-corrected chi connectivity index (χ0v) is 15.6. The molecule has 132 valence electrons. The van der Waals surface area contributed by atoms with Crippen LogP contribution in [0.25, 0.3) is 0 Å². The molecule has 0 aliphatic carbocycles. The second-order valence-electron chi connectivity index (χ2n) is 6.73. The van der Waals surface area contributed by atoms with Gasteiger partial charge in [0.1, 0.15) is 0 Å². The van der Waals surface area contributed by atoms with Crippen molar-refractivity contribution in [3.8, 4) is 0 Å². The summed E-state index contributed by atoms with van der Waals surface area (Å²) >= 11 is 0. The van der Waals surface area contributed by atoms with Gasteiger partial charge in [-0.25, -0.2) is 0 Å². The summed E-state index contributed by atoms with van der Waals surface area (Å²) < 4.78 is 0. The number of carbonyl (C=O) groups excluding carboxylic acids is 1. The van der Waals surface area contributed by atoms with Crippen LogP contribution in [0.3, 0.4) is 0 Å². The molecule has 26 heavy (non-hydrogen) atoms. The van der Waals surface area contributed by atoms with Crippen LogP contribution in [0, 0.1) is 0 Å². The molecule has 0 saturated heterocycles. The van der Waals surface area contributed by atoms with E-state index in [1.54, 1.807) is 0 Å². The van der Waals surface area contributed by atoms with E-state index in [1.807, 2.05) is 18.2 Å². The average molecular weight is 362 g/mol. The molecule has 2 aromatic rings. The minimum Gasteiger partial charge on any atom is -0.381 e. The van der Waals surface area contributed by atoms with E-state index in [0.717, 1.165) is 42.6 Å². The number of benzene rings is 2. The van der Waals surface area contributed by atoms with Gasteiger partial charge in [0.2, 0.25) is 0 Å². The van der Waals surface area contributed by atoms with E-state index in [9.17, 15) is 4.79 Å². The molecule has 2 aliphatic heterocycles. The fourth-order valence-electron chi connectivity index (χ4n) is 3.42. The summed E-state index contributed by atoms with van der Waals surface area (Å²) in [6, 6.07) is 16.8. The zero-order chi connectivity index (χ0) is 17.8. The minimum absolute atomic E-state index is 0.0102. The van der Waals surface area contributed by atoms with Crippen LogP contribution in [0.15, 0.2) is 76.7 Å². The van der Waals surface area contributed by atoms with Gasteiger partial charge >= 0.3 is 0 Å². The summed E-state index contributed by atoms with van der Waals surface area (Å²) in [5, 5.41) is 8.14. The summed E-state index contributed by atoms with van der Waals surface area (Å²) in [5.41, 5.74) is 4.54. The van der Waals surface area contributed by atoms with Crippen molar-refractivity contribution in [2.24, 2.45) is 0 Å². The van der Waals surface area contributed by atoms with Crippen molar-refractivity contribution < 1.29 is 4.79 Å². The van der Waals surface area contributed by atoms with Crippen LogP contribution in [-0.4, -0.2) is 11.2 Å². The number of nitrogens with one attached hydrogen (secondary N) is 1. The van der Waals surface area contributed by atoms with Crippen LogP contribution >= 0.6 is 10.5 Å². The van der Waals surface area contributed by atoms with Crippen molar-refractivity contribution in [3.05, 3.63) is 88.5 Å². The molecule has 0 aromatic heterocycles. The first-order valence-corrected chi connectivity index (χ1v) is 10.5. The van der Waals surface area contributed by atoms with Crippen molar-refractivity contribution in [2.75, 3.05) is 0 Å². The summed E-state index contributed by atoms with van der Waals surface area (Å²) in [6.45, 7) is 0.732. The fraction of sp³-hybridized carbons (Fsp3) is 0.217. The molecule has 4 rings (SSSR count). The predicted octanol–water partition coefficient (Wildman–Crippen LogP) is 5.23. The lowest BCUT2D eigenvalue weighted by molar-refractivity contribution is 0.0979. The Morgan fingerprint density at radius 1 is 0.962 bits per heavy atom. The van der Waals surface area contributed by atoms with E-state index < -0.39 is 0 Å². The van der Waals surface area contributed by atoms with Crippen molar-refractivity contribution in [2.45, 2.75) is 37.1 Å². The van der Waals surface area contributed by atoms with Crippen LogP contribution in [0.4, 0.5) is 0 Å². The molecule has 2 nitrogen and oxygen atoms in total. The predicted molar refractivity (Wildman–Crippen MR) is 111 cm³/mol. The van der Waals surface area contributed by atoms with Crippen LogP contribution < -0.4 is 5.32 Å². The average Bonchev–Trinajstić information content (AvgIpc) is 2.70. The normalized spacial score (nSPS) is 19.9. The van der Waals surface area contributed by atoms with Crippen LogP contribution in [0.2, 0.25) is 0 Å². The van der Waals surface area contributed by atoms with E-state index in [2.05, 4.69) is 58.6 Å². The number of Topliss-reactive ketones (excluding diaryl/α,β-unsaturated/α-hetero) is 1.